The Balaban J connectivity index is 1.67. The third kappa shape index (κ3) is 2.53. The molecular formula is C13H15N5O2. The average Bonchev–Trinajstić information content (AvgIpc) is 2.90. The molecule has 1 aliphatic rings. The summed E-state index contributed by atoms with van der Waals surface area (Å²) < 4.78 is 5.36. The van der Waals surface area contributed by atoms with Gasteiger partial charge in [-0.15, -0.1) is 0 Å². The second-order valence-corrected chi connectivity index (χ2v) is 4.66. The minimum atomic E-state index is -0.227. The highest BCUT2D eigenvalue weighted by Gasteiger charge is 2.21. The number of aromatic nitrogens is 4. The summed E-state index contributed by atoms with van der Waals surface area (Å²) in [7, 11) is 0. The van der Waals surface area contributed by atoms with Crippen molar-refractivity contribution in [2.24, 2.45) is 0 Å². The van der Waals surface area contributed by atoms with Gasteiger partial charge in [-0.2, -0.15) is 5.10 Å². The molecule has 0 aromatic carbocycles. The van der Waals surface area contributed by atoms with Crippen LogP contribution in [0, 0.1) is 6.92 Å². The molecule has 0 saturated carbocycles. The zero-order chi connectivity index (χ0) is 13.9. The molecule has 0 radical (unpaired) electrons. The number of aryl methyl sites for hydroxylation is 1. The maximum atomic E-state index is 12.1. The molecular weight excluding hydrogens is 258 g/mol. The van der Waals surface area contributed by atoms with Crippen LogP contribution in [0.1, 0.15) is 33.1 Å². The first kappa shape index (κ1) is 12.7. The lowest BCUT2D eigenvalue weighted by molar-refractivity contribution is 0.0922. The maximum absolute atomic E-state index is 12.1. The van der Waals surface area contributed by atoms with Crippen LogP contribution >= 0.6 is 0 Å². The van der Waals surface area contributed by atoms with Crippen molar-refractivity contribution in [3.63, 3.8) is 0 Å². The monoisotopic (exact) mass is 273 g/mol. The molecule has 0 unspecified atom stereocenters. The first-order chi connectivity index (χ1) is 9.74. The summed E-state index contributed by atoms with van der Waals surface area (Å²) in [6.07, 6.45) is 4.09. The van der Waals surface area contributed by atoms with Crippen LogP contribution in [-0.4, -0.2) is 32.7 Å². The molecule has 104 valence electrons. The third-order valence-corrected chi connectivity index (χ3v) is 3.18. The Morgan fingerprint density at radius 2 is 2.35 bits per heavy atom. The first-order valence-electron chi connectivity index (χ1n) is 6.43. The molecule has 0 saturated heterocycles. The summed E-state index contributed by atoms with van der Waals surface area (Å²) in [6, 6.07) is 0. The standard InChI is InChI=1S/C13H15N5O2/c1-8-4-15-9(5-14-8)6-16-13(19)12-10-7-20-3-2-11(10)17-18-12/h4-5H,2-3,6-7H2,1H3,(H,16,19)(H,17,18). The van der Waals surface area contributed by atoms with E-state index in [0.717, 1.165) is 23.4 Å². The van der Waals surface area contributed by atoms with Crippen molar-refractivity contribution in [1.29, 1.82) is 0 Å². The highest BCUT2D eigenvalue weighted by molar-refractivity contribution is 5.93. The number of amides is 1. The van der Waals surface area contributed by atoms with E-state index in [1.54, 1.807) is 12.4 Å². The summed E-state index contributed by atoms with van der Waals surface area (Å²) in [6.45, 7) is 3.29. The highest BCUT2D eigenvalue weighted by atomic mass is 16.5. The Bertz CT molecular complexity index is 620. The Hall–Kier alpha value is -2.28. The van der Waals surface area contributed by atoms with Gasteiger partial charge in [-0.3, -0.25) is 19.9 Å². The number of aromatic amines is 1. The Labute approximate surface area is 115 Å². The molecule has 20 heavy (non-hydrogen) atoms. The number of ether oxygens (including phenoxy) is 1. The van der Waals surface area contributed by atoms with E-state index in [-0.39, 0.29) is 5.91 Å². The van der Waals surface area contributed by atoms with Gasteiger partial charge < -0.3 is 10.1 Å². The number of carbonyl (C=O) groups excluding carboxylic acids is 1. The van der Waals surface area contributed by atoms with Crippen molar-refractivity contribution in [2.45, 2.75) is 26.5 Å². The van der Waals surface area contributed by atoms with Crippen LogP contribution in [0.3, 0.4) is 0 Å². The van der Waals surface area contributed by atoms with E-state index in [4.69, 9.17) is 4.74 Å². The molecule has 0 bridgehead atoms. The van der Waals surface area contributed by atoms with Crippen molar-refractivity contribution in [2.75, 3.05) is 6.61 Å². The van der Waals surface area contributed by atoms with Crippen LogP contribution in [0.25, 0.3) is 0 Å². The molecule has 7 heteroatoms. The SMILES string of the molecule is Cc1cnc(CNC(=O)c2n[nH]c3c2COCC3)cn1. The number of rotatable bonds is 3. The largest absolute Gasteiger partial charge is 0.376 e. The Kier molecular flexibility index (Phi) is 3.42. The molecule has 7 nitrogen and oxygen atoms in total. The molecule has 1 amide bonds. The molecule has 3 heterocycles. The minimum Gasteiger partial charge on any atom is -0.376 e. The molecule has 2 aromatic heterocycles. The van der Waals surface area contributed by atoms with Gasteiger partial charge >= 0.3 is 0 Å². The summed E-state index contributed by atoms with van der Waals surface area (Å²) in [4.78, 5) is 20.4. The quantitative estimate of drug-likeness (QED) is 0.850. The second kappa shape index (κ2) is 5.38. The van der Waals surface area contributed by atoms with Crippen molar-refractivity contribution >= 4 is 5.91 Å². The van der Waals surface area contributed by atoms with Crippen molar-refractivity contribution in [1.82, 2.24) is 25.5 Å². The molecule has 2 aromatic rings. The number of hydrogen-bond donors (Lipinski definition) is 2. The van der Waals surface area contributed by atoms with Crippen LogP contribution < -0.4 is 5.32 Å². The second-order valence-electron chi connectivity index (χ2n) is 4.66. The molecule has 0 spiro atoms. The summed E-state index contributed by atoms with van der Waals surface area (Å²) in [5, 5.41) is 9.76. The van der Waals surface area contributed by atoms with Gasteiger partial charge in [-0.1, -0.05) is 0 Å². The summed E-state index contributed by atoms with van der Waals surface area (Å²) in [5.41, 5.74) is 3.79. The smallest absolute Gasteiger partial charge is 0.272 e. The summed E-state index contributed by atoms with van der Waals surface area (Å²) in [5.74, 6) is -0.227. The van der Waals surface area contributed by atoms with E-state index in [0.29, 0.717) is 31.1 Å². The predicted molar refractivity (Wildman–Crippen MR) is 69.9 cm³/mol. The van der Waals surface area contributed by atoms with Crippen molar-refractivity contribution in [3.8, 4) is 0 Å². The van der Waals surface area contributed by atoms with Gasteiger partial charge in [-0.05, 0) is 6.92 Å². The van der Waals surface area contributed by atoms with Gasteiger partial charge in [0.1, 0.15) is 0 Å². The lowest BCUT2D eigenvalue weighted by atomic mass is 10.1. The van der Waals surface area contributed by atoms with E-state index in [1.807, 2.05) is 6.92 Å². The van der Waals surface area contributed by atoms with E-state index >= 15 is 0 Å². The van der Waals surface area contributed by atoms with Gasteiger partial charge in [0, 0.05) is 23.9 Å². The first-order valence-corrected chi connectivity index (χ1v) is 6.43. The van der Waals surface area contributed by atoms with Gasteiger partial charge in [0.15, 0.2) is 5.69 Å². The Morgan fingerprint density at radius 1 is 1.45 bits per heavy atom. The number of carbonyl (C=O) groups is 1. The minimum absolute atomic E-state index is 0.227. The Morgan fingerprint density at radius 3 is 3.15 bits per heavy atom. The summed E-state index contributed by atoms with van der Waals surface area (Å²) >= 11 is 0. The van der Waals surface area contributed by atoms with Crippen LogP contribution in [0.2, 0.25) is 0 Å². The lowest BCUT2D eigenvalue weighted by Crippen LogP contribution is -2.25. The zero-order valence-corrected chi connectivity index (χ0v) is 11.1. The highest BCUT2D eigenvalue weighted by Crippen LogP contribution is 2.17. The van der Waals surface area contributed by atoms with Crippen LogP contribution in [-0.2, 0) is 24.3 Å². The molecule has 0 fully saturated rings. The van der Waals surface area contributed by atoms with E-state index in [1.165, 1.54) is 0 Å². The fourth-order valence-electron chi connectivity index (χ4n) is 2.06. The molecule has 0 atom stereocenters. The molecule has 2 N–H and O–H groups in total. The average molecular weight is 273 g/mol. The van der Waals surface area contributed by atoms with E-state index < -0.39 is 0 Å². The zero-order valence-electron chi connectivity index (χ0n) is 11.1. The van der Waals surface area contributed by atoms with E-state index in [9.17, 15) is 4.79 Å². The van der Waals surface area contributed by atoms with Crippen LogP contribution in [0.15, 0.2) is 12.4 Å². The maximum Gasteiger partial charge on any atom is 0.272 e. The predicted octanol–water partition coefficient (Wildman–Crippen LogP) is 0.511. The molecule has 1 aliphatic heterocycles. The van der Waals surface area contributed by atoms with Gasteiger partial charge in [0.05, 0.1) is 37.3 Å². The van der Waals surface area contributed by atoms with Crippen molar-refractivity contribution < 1.29 is 9.53 Å². The fourth-order valence-corrected chi connectivity index (χ4v) is 2.06. The third-order valence-electron chi connectivity index (χ3n) is 3.18. The van der Waals surface area contributed by atoms with Gasteiger partial charge in [0.25, 0.3) is 5.91 Å². The lowest BCUT2D eigenvalue weighted by Gasteiger charge is -2.12. The van der Waals surface area contributed by atoms with Crippen LogP contribution in [0.5, 0.6) is 0 Å². The van der Waals surface area contributed by atoms with Gasteiger partial charge in [-0.25, -0.2) is 0 Å². The number of nitrogens with zero attached hydrogens (tertiary/aromatic N) is 3. The number of hydrogen-bond acceptors (Lipinski definition) is 5. The van der Waals surface area contributed by atoms with Crippen molar-refractivity contribution in [3.05, 3.63) is 40.7 Å². The molecule has 3 rings (SSSR count). The molecule has 0 aliphatic carbocycles. The van der Waals surface area contributed by atoms with Crippen LogP contribution in [0.4, 0.5) is 0 Å². The number of H-pyrrole nitrogens is 1. The van der Waals surface area contributed by atoms with E-state index in [2.05, 4.69) is 25.5 Å². The topological polar surface area (TPSA) is 92.8 Å². The fraction of sp³-hybridized carbons (Fsp3) is 0.385. The normalized spacial score (nSPS) is 13.8. The number of fused-ring (bicyclic) bond motifs is 1. The number of nitrogens with one attached hydrogen (secondary N) is 2. The van der Waals surface area contributed by atoms with Gasteiger partial charge in [0.2, 0.25) is 0 Å².